The summed E-state index contributed by atoms with van der Waals surface area (Å²) in [4.78, 5) is 27.1. The van der Waals surface area contributed by atoms with E-state index in [-0.39, 0.29) is 19.0 Å². The van der Waals surface area contributed by atoms with Crippen LogP contribution in [0.15, 0.2) is 17.5 Å². The molecule has 1 aliphatic rings. The summed E-state index contributed by atoms with van der Waals surface area (Å²) in [5.74, 6) is -0.111. The molecule has 5 nitrogen and oxygen atoms in total. The number of hydrogen-bond donors (Lipinski definition) is 1. The molecule has 0 aromatic carbocycles. The normalized spacial score (nSPS) is 16.0. The van der Waals surface area contributed by atoms with Gasteiger partial charge in [-0.25, -0.2) is 4.79 Å². The van der Waals surface area contributed by atoms with E-state index in [1.54, 1.807) is 22.4 Å². The van der Waals surface area contributed by atoms with Gasteiger partial charge in [0.05, 0.1) is 4.88 Å². The molecule has 1 fully saturated rings. The molecule has 0 atom stereocenters. The van der Waals surface area contributed by atoms with E-state index in [4.69, 9.17) is 0 Å². The molecule has 2 heterocycles. The fraction of sp³-hybridized carbons (Fsp3) is 0.500. The second-order valence-corrected chi connectivity index (χ2v) is 5.48. The monoisotopic (exact) mass is 321 g/mol. The van der Waals surface area contributed by atoms with Gasteiger partial charge in [0.25, 0.3) is 5.91 Å². The van der Waals surface area contributed by atoms with Gasteiger partial charge in [-0.1, -0.05) is 6.07 Å². The standard InChI is InChI=1S/C12H14F3N3O2S/c13-12(14,15)8-16-11(20)18-5-3-17(4-6-18)10(19)9-2-1-7-21-9/h1-2,7H,3-6,8H2,(H,16,20). The van der Waals surface area contributed by atoms with E-state index in [0.717, 1.165) is 0 Å². The Morgan fingerprint density at radius 2 is 1.81 bits per heavy atom. The Hall–Kier alpha value is -1.77. The number of urea groups is 1. The first-order valence-electron chi connectivity index (χ1n) is 6.29. The average molecular weight is 321 g/mol. The number of rotatable bonds is 2. The number of carbonyl (C=O) groups is 2. The number of alkyl halides is 3. The largest absolute Gasteiger partial charge is 0.405 e. The summed E-state index contributed by atoms with van der Waals surface area (Å²) in [7, 11) is 0. The van der Waals surface area contributed by atoms with Crippen LogP contribution in [-0.2, 0) is 0 Å². The third-order valence-electron chi connectivity index (χ3n) is 3.03. The van der Waals surface area contributed by atoms with Gasteiger partial charge in [-0.3, -0.25) is 4.79 Å². The predicted octanol–water partition coefficient (Wildman–Crippen LogP) is 1.78. The van der Waals surface area contributed by atoms with Crippen molar-refractivity contribution in [3.05, 3.63) is 22.4 Å². The molecule has 0 unspecified atom stereocenters. The number of nitrogens with zero attached hydrogens (tertiary/aromatic N) is 2. The highest BCUT2D eigenvalue weighted by Crippen LogP contribution is 2.15. The molecular formula is C12H14F3N3O2S. The first kappa shape index (κ1) is 15.6. The molecular weight excluding hydrogens is 307 g/mol. The third-order valence-corrected chi connectivity index (χ3v) is 3.88. The van der Waals surface area contributed by atoms with Gasteiger partial charge < -0.3 is 15.1 Å². The van der Waals surface area contributed by atoms with Crippen LogP contribution in [0.1, 0.15) is 9.67 Å². The molecule has 2 rings (SSSR count). The minimum Gasteiger partial charge on any atom is -0.334 e. The number of nitrogens with one attached hydrogen (secondary N) is 1. The van der Waals surface area contributed by atoms with E-state index in [2.05, 4.69) is 0 Å². The van der Waals surface area contributed by atoms with E-state index in [0.29, 0.717) is 18.0 Å². The molecule has 1 aliphatic heterocycles. The van der Waals surface area contributed by atoms with Crippen LogP contribution in [0.3, 0.4) is 0 Å². The molecule has 0 saturated carbocycles. The van der Waals surface area contributed by atoms with Gasteiger partial charge in [-0.15, -0.1) is 11.3 Å². The molecule has 1 aromatic rings. The van der Waals surface area contributed by atoms with Gasteiger partial charge in [-0.2, -0.15) is 13.2 Å². The summed E-state index contributed by atoms with van der Waals surface area (Å²) >= 11 is 1.33. The lowest BCUT2D eigenvalue weighted by molar-refractivity contribution is -0.123. The molecule has 0 radical (unpaired) electrons. The summed E-state index contributed by atoms with van der Waals surface area (Å²) in [5, 5.41) is 3.62. The van der Waals surface area contributed by atoms with Gasteiger partial charge in [0.1, 0.15) is 6.54 Å². The zero-order valence-corrected chi connectivity index (χ0v) is 11.8. The van der Waals surface area contributed by atoms with Crippen LogP contribution in [-0.4, -0.2) is 60.6 Å². The van der Waals surface area contributed by atoms with Crippen molar-refractivity contribution < 1.29 is 22.8 Å². The highest BCUT2D eigenvalue weighted by Gasteiger charge is 2.30. The quantitative estimate of drug-likeness (QED) is 0.903. The zero-order chi connectivity index (χ0) is 15.5. The van der Waals surface area contributed by atoms with Crippen molar-refractivity contribution in [3.63, 3.8) is 0 Å². The van der Waals surface area contributed by atoms with Gasteiger partial charge in [0.15, 0.2) is 0 Å². The molecule has 0 bridgehead atoms. The Bertz CT molecular complexity index is 496. The molecule has 116 valence electrons. The number of carbonyl (C=O) groups excluding carboxylic acids is 2. The van der Waals surface area contributed by atoms with Crippen LogP contribution in [0, 0.1) is 0 Å². The molecule has 0 spiro atoms. The lowest BCUT2D eigenvalue weighted by Gasteiger charge is -2.34. The highest BCUT2D eigenvalue weighted by atomic mass is 32.1. The second kappa shape index (κ2) is 6.33. The maximum atomic E-state index is 12.1. The lowest BCUT2D eigenvalue weighted by Crippen LogP contribution is -2.54. The first-order valence-corrected chi connectivity index (χ1v) is 7.17. The summed E-state index contributed by atoms with van der Waals surface area (Å²) in [6.07, 6.45) is -4.42. The molecule has 1 saturated heterocycles. The summed E-state index contributed by atoms with van der Waals surface area (Å²) in [5.41, 5.74) is 0. The van der Waals surface area contributed by atoms with Crippen molar-refractivity contribution in [1.29, 1.82) is 0 Å². The summed E-state index contributed by atoms with van der Waals surface area (Å²) < 4.78 is 36.1. The van der Waals surface area contributed by atoms with Gasteiger partial charge in [0.2, 0.25) is 0 Å². The van der Waals surface area contributed by atoms with Crippen molar-refractivity contribution in [2.24, 2.45) is 0 Å². The van der Waals surface area contributed by atoms with Crippen LogP contribution in [0.4, 0.5) is 18.0 Å². The van der Waals surface area contributed by atoms with Gasteiger partial charge in [0, 0.05) is 26.2 Å². The Balaban J connectivity index is 1.80. The molecule has 9 heteroatoms. The maximum Gasteiger partial charge on any atom is 0.405 e. The lowest BCUT2D eigenvalue weighted by atomic mass is 10.3. The maximum absolute atomic E-state index is 12.1. The fourth-order valence-electron chi connectivity index (χ4n) is 1.96. The molecule has 0 aliphatic carbocycles. The van der Waals surface area contributed by atoms with Gasteiger partial charge in [-0.05, 0) is 11.4 Å². The topological polar surface area (TPSA) is 52.7 Å². The van der Waals surface area contributed by atoms with Crippen molar-refractivity contribution in [1.82, 2.24) is 15.1 Å². The van der Waals surface area contributed by atoms with Crippen LogP contribution in [0.5, 0.6) is 0 Å². The van der Waals surface area contributed by atoms with Crippen LogP contribution in [0.2, 0.25) is 0 Å². The fourth-order valence-corrected chi connectivity index (χ4v) is 2.65. The summed E-state index contributed by atoms with van der Waals surface area (Å²) in [6, 6.07) is 2.74. The summed E-state index contributed by atoms with van der Waals surface area (Å²) in [6.45, 7) is -0.270. The highest BCUT2D eigenvalue weighted by molar-refractivity contribution is 7.12. The number of halogens is 3. The van der Waals surface area contributed by atoms with Crippen molar-refractivity contribution in [3.8, 4) is 0 Å². The van der Waals surface area contributed by atoms with Crippen LogP contribution >= 0.6 is 11.3 Å². The van der Waals surface area contributed by atoms with E-state index in [1.807, 2.05) is 5.32 Å². The second-order valence-electron chi connectivity index (χ2n) is 4.53. The molecule has 1 N–H and O–H groups in total. The molecule has 3 amide bonds. The number of amides is 3. The Kier molecular flexibility index (Phi) is 4.71. The van der Waals surface area contributed by atoms with Crippen LogP contribution in [0.25, 0.3) is 0 Å². The average Bonchev–Trinajstić information content (AvgIpc) is 2.97. The number of thiophene rings is 1. The van der Waals surface area contributed by atoms with Crippen molar-refractivity contribution in [2.45, 2.75) is 6.18 Å². The minimum absolute atomic E-state index is 0.111. The Morgan fingerprint density at radius 1 is 1.19 bits per heavy atom. The van der Waals surface area contributed by atoms with E-state index in [9.17, 15) is 22.8 Å². The predicted molar refractivity (Wildman–Crippen MR) is 71.2 cm³/mol. The third kappa shape index (κ3) is 4.35. The Labute approximate surface area is 123 Å². The van der Waals surface area contributed by atoms with E-state index >= 15 is 0 Å². The minimum atomic E-state index is -4.42. The molecule has 1 aromatic heterocycles. The SMILES string of the molecule is O=C(NCC(F)(F)F)N1CCN(C(=O)c2cccs2)CC1. The van der Waals surface area contributed by atoms with Crippen molar-refractivity contribution >= 4 is 23.3 Å². The van der Waals surface area contributed by atoms with E-state index in [1.165, 1.54) is 16.2 Å². The number of hydrogen-bond acceptors (Lipinski definition) is 3. The number of piperazine rings is 1. The van der Waals surface area contributed by atoms with Crippen molar-refractivity contribution in [2.75, 3.05) is 32.7 Å². The van der Waals surface area contributed by atoms with Gasteiger partial charge >= 0.3 is 12.2 Å². The smallest absolute Gasteiger partial charge is 0.334 e. The zero-order valence-electron chi connectivity index (χ0n) is 11.0. The molecule has 21 heavy (non-hydrogen) atoms. The Morgan fingerprint density at radius 3 is 2.33 bits per heavy atom. The first-order chi connectivity index (χ1) is 9.87. The van der Waals surface area contributed by atoms with E-state index < -0.39 is 18.8 Å². The van der Waals surface area contributed by atoms with Crippen LogP contribution < -0.4 is 5.32 Å².